The van der Waals surface area contributed by atoms with Crippen LogP contribution >= 0.6 is 0 Å². The quantitative estimate of drug-likeness (QED) is 0.758. The van der Waals surface area contributed by atoms with Crippen molar-refractivity contribution in [2.75, 3.05) is 6.54 Å². The molecule has 1 rings (SSSR count). The van der Waals surface area contributed by atoms with Crippen molar-refractivity contribution >= 4 is 11.8 Å². The Kier molecular flexibility index (Phi) is 4.44. The minimum Gasteiger partial charge on any atom is -0.368 e. The van der Waals surface area contributed by atoms with E-state index in [9.17, 15) is 14.0 Å². The topological polar surface area (TPSA) is 72.2 Å². The van der Waals surface area contributed by atoms with Gasteiger partial charge >= 0.3 is 0 Å². The number of carbonyl (C=O) groups excluding carboxylic acids is 2. The largest absolute Gasteiger partial charge is 0.368 e. The molecule has 0 heterocycles. The monoisotopic (exact) mass is 224 g/mol. The second-order valence-corrected chi connectivity index (χ2v) is 3.33. The number of halogens is 1. The van der Waals surface area contributed by atoms with Gasteiger partial charge in [0, 0.05) is 6.42 Å². The zero-order valence-electron chi connectivity index (χ0n) is 8.70. The first-order chi connectivity index (χ1) is 7.59. The van der Waals surface area contributed by atoms with Crippen molar-refractivity contribution < 1.29 is 14.0 Å². The second-order valence-electron chi connectivity index (χ2n) is 3.33. The van der Waals surface area contributed by atoms with Crippen molar-refractivity contribution in [3.8, 4) is 0 Å². The second kappa shape index (κ2) is 5.85. The standard InChI is InChI=1S/C11H13FN2O2/c12-9-4-2-1-3-8(9)5-6-11(16)14-7-10(13)15/h1-4H,5-7H2,(H2,13,15)(H,14,16). The van der Waals surface area contributed by atoms with Crippen LogP contribution in [0.4, 0.5) is 4.39 Å². The number of nitrogens with one attached hydrogen (secondary N) is 1. The molecule has 4 nitrogen and oxygen atoms in total. The van der Waals surface area contributed by atoms with Gasteiger partial charge in [0.2, 0.25) is 11.8 Å². The fourth-order valence-corrected chi connectivity index (χ4v) is 1.22. The zero-order valence-corrected chi connectivity index (χ0v) is 8.70. The van der Waals surface area contributed by atoms with E-state index in [0.717, 1.165) is 0 Å². The molecule has 1 aromatic rings. The maximum absolute atomic E-state index is 13.1. The van der Waals surface area contributed by atoms with Gasteiger partial charge in [0.15, 0.2) is 0 Å². The molecule has 0 saturated carbocycles. The van der Waals surface area contributed by atoms with Crippen molar-refractivity contribution in [3.63, 3.8) is 0 Å². The summed E-state index contributed by atoms with van der Waals surface area (Å²) in [6.45, 7) is -0.184. The predicted octanol–water partition coefficient (Wildman–Crippen LogP) is 0.360. The number of benzene rings is 1. The molecule has 0 atom stereocenters. The van der Waals surface area contributed by atoms with E-state index in [-0.39, 0.29) is 24.7 Å². The van der Waals surface area contributed by atoms with Gasteiger partial charge in [0.05, 0.1) is 6.54 Å². The number of hydrogen-bond donors (Lipinski definition) is 2. The van der Waals surface area contributed by atoms with Crippen LogP contribution in [0, 0.1) is 5.82 Å². The van der Waals surface area contributed by atoms with Crippen LogP contribution in [0.2, 0.25) is 0 Å². The Morgan fingerprint density at radius 2 is 2.00 bits per heavy atom. The summed E-state index contributed by atoms with van der Waals surface area (Å²) >= 11 is 0. The molecule has 0 aromatic heterocycles. The van der Waals surface area contributed by atoms with Gasteiger partial charge in [0.1, 0.15) is 5.82 Å². The molecular formula is C11H13FN2O2. The van der Waals surface area contributed by atoms with Gasteiger partial charge < -0.3 is 11.1 Å². The van der Waals surface area contributed by atoms with E-state index >= 15 is 0 Å². The lowest BCUT2D eigenvalue weighted by Crippen LogP contribution is -2.33. The maximum atomic E-state index is 13.1. The van der Waals surface area contributed by atoms with Crippen LogP contribution in [0.3, 0.4) is 0 Å². The van der Waals surface area contributed by atoms with Gasteiger partial charge in [-0.1, -0.05) is 18.2 Å². The highest BCUT2D eigenvalue weighted by Crippen LogP contribution is 2.08. The summed E-state index contributed by atoms with van der Waals surface area (Å²) in [6.07, 6.45) is 0.436. The van der Waals surface area contributed by atoms with Crippen LogP contribution in [0.15, 0.2) is 24.3 Å². The van der Waals surface area contributed by atoms with Crippen molar-refractivity contribution in [3.05, 3.63) is 35.6 Å². The van der Waals surface area contributed by atoms with Crippen molar-refractivity contribution in [2.24, 2.45) is 5.73 Å². The van der Waals surface area contributed by atoms with E-state index in [0.29, 0.717) is 12.0 Å². The summed E-state index contributed by atoms with van der Waals surface area (Å²) < 4.78 is 13.1. The Morgan fingerprint density at radius 1 is 1.31 bits per heavy atom. The maximum Gasteiger partial charge on any atom is 0.236 e. The molecule has 2 amide bonds. The molecular weight excluding hydrogens is 211 g/mol. The summed E-state index contributed by atoms with van der Waals surface area (Å²) in [5.41, 5.74) is 5.34. The van der Waals surface area contributed by atoms with Crippen molar-refractivity contribution in [2.45, 2.75) is 12.8 Å². The van der Waals surface area contributed by atoms with Crippen molar-refractivity contribution in [1.29, 1.82) is 0 Å². The average molecular weight is 224 g/mol. The summed E-state index contributed by atoms with van der Waals surface area (Å²) in [6, 6.07) is 6.26. The third-order valence-electron chi connectivity index (χ3n) is 2.04. The summed E-state index contributed by atoms with van der Waals surface area (Å²) in [5, 5.41) is 2.34. The fourth-order valence-electron chi connectivity index (χ4n) is 1.22. The lowest BCUT2D eigenvalue weighted by Gasteiger charge is -2.03. The minimum absolute atomic E-state index is 0.133. The number of primary amides is 1. The molecule has 5 heteroatoms. The van der Waals surface area contributed by atoms with E-state index in [4.69, 9.17) is 5.73 Å². The minimum atomic E-state index is -0.598. The number of rotatable bonds is 5. The first-order valence-electron chi connectivity index (χ1n) is 4.88. The smallest absolute Gasteiger partial charge is 0.236 e. The molecule has 0 saturated heterocycles. The number of nitrogens with two attached hydrogens (primary N) is 1. The molecule has 0 unspecified atom stereocenters. The molecule has 0 aliphatic heterocycles. The number of carbonyl (C=O) groups is 2. The molecule has 0 fully saturated rings. The average Bonchev–Trinajstić information content (AvgIpc) is 2.25. The SMILES string of the molecule is NC(=O)CNC(=O)CCc1ccccc1F. The highest BCUT2D eigenvalue weighted by atomic mass is 19.1. The van der Waals surface area contributed by atoms with E-state index in [1.807, 2.05) is 0 Å². The molecule has 0 radical (unpaired) electrons. The van der Waals surface area contributed by atoms with E-state index in [1.54, 1.807) is 18.2 Å². The normalized spacial score (nSPS) is 9.81. The highest BCUT2D eigenvalue weighted by molar-refractivity contribution is 5.83. The van der Waals surface area contributed by atoms with Crippen LogP contribution in [0.25, 0.3) is 0 Å². The Hall–Kier alpha value is -1.91. The van der Waals surface area contributed by atoms with Gasteiger partial charge in [-0.3, -0.25) is 9.59 Å². The molecule has 16 heavy (non-hydrogen) atoms. The molecule has 86 valence electrons. The molecule has 0 aliphatic rings. The Balaban J connectivity index is 2.37. The first-order valence-corrected chi connectivity index (χ1v) is 4.88. The van der Waals surface area contributed by atoms with E-state index in [2.05, 4.69) is 5.32 Å². The van der Waals surface area contributed by atoms with E-state index < -0.39 is 5.91 Å². The third kappa shape index (κ3) is 4.08. The highest BCUT2D eigenvalue weighted by Gasteiger charge is 2.05. The van der Waals surface area contributed by atoms with Crippen LogP contribution in [-0.4, -0.2) is 18.4 Å². The summed E-state index contributed by atoms with van der Waals surface area (Å²) in [4.78, 5) is 21.6. The van der Waals surface area contributed by atoms with Crippen molar-refractivity contribution in [1.82, 2.24) is 5.32 Å². The zero-order chi connectivity index (χ0) is 12.0. The van der Waals surface area contributed by atoms with Gasteiger partial charge in [-0.15, -0.1) is 0 Å². The first kappa shape index (κ1) is 12.2. The predicted molar refractivity (Wildman–Crippen MR) is 56.9 cm³/mol. The van der Waals surface area contributed by atoms with Gasteiger partial charge in [-0.25, -0.2) is 4.39 Å². The van der Waals surface area contributed by atoms with Gasteiger partial charge in [0.25, 0.3) is 0 Å². The Morgan fingerprint density at radius 3 is 2.62 bits per heavy atom. The Bertz CT molecular complexity index is 393. The molecule has 0 bridgehead atoms. The van der Waals surface area contributed by atoms with Gasteiger partial charge in [-0.2, -0.15) is 0 Å². The summed E-state index contributed by atoms with van der Waals surface area (Å²) in [7, 11) is 0. The molecule has 0 spiro atoms. The molecule has 0 aliphatic carbocycles. The molecule has 3 N–H and O–H groups in total. The number of amides is 2. The summed E-state index contributed by atoms with van der Waals surface area (Å²) in [5.74, 6) is -1.24. The number of hydrogen-bond acceptors (Lipinski definition) is 2. The van der Waals surface area contributed by atoms with Crippen LogP contribution < -0.4 is 11.1 Å². The number of aryl methyl sites for hydroxylation is 1. The molecule has 1 aromatic carbocycles. The third-order valence-corrected chi connectivity index (χ3v) is 2.04. The van der Waals surface area contributed by atoms with Gasteiger partial charge in [-0.05, 0) is 18.1 Å². The lowest BCUT2D eigenvalue weighted by atomic mass is 10.1. The fraction of sp³-hybridized carbons (Fsp3) is 0.273. The van der Waals surface area contributed by atoms with Crippen LogP contribution in [-0.2, 0) is 16.0 Å². The Labute approximate surface area is 92.6 Å². The lowest BCUT2D eigenvalue weighted by molar-refractivity contribution is -0.124. The van der Waals surface area contributed by atoms with E-state index in [1.165, 1.54) is 6.07 Å². The van der Waals surface area contributed by atoms with Crippen LogP contribution in [0.1, 0.15) is 12.0 Å². The van der Waals surface area contributed by atoms with Crippen LogP contribution in [0.5, 0.6) is 0 Å².